The number of aliphatic imine (C=N–C) groups is 1. The van der Waals surface area contributed by atoms with Crippen LogP contribution in [0.1, 0.15) is 12.0 Å². The van der Waals surface area contributed by atoms with Crippen molar-refractivity contribution in [2.75, 3.05) is 25.0 Å². The minimum atomic E-state index is -0.285. The lowest BCUT2D eigenvalue weighted by Crippen LogP contribution is -2.44. The van der Waals surface area contributed by atoms with Crippen LogP contribution in [0.2, 0.25) is 0 Å². The van der Waals surface area contributed by atoms with Crippen molar-refractivity contribution >= 4 is 11.8 Å². The summed E-state index contributed by atoms with van der Waals surface area (Å²) >= 11 is 0. The molecule has 3 aromatic rings. The maximum absolute atomic E-state index is 14.0. The fourth-order valence-electron chi connectivity index (χ4n) is 3.48. The molecule has 1 aliphatic rings. The van der Waals surface area contributed by atoms with Crippen LogP contribution >= 0.6 is 0 Å². The van der Waals surface area contributed by atoms with Crippen LogP contribution in [0.15, 0.2) is 66.0 Å². The van der Waals surface area contributed by atoms with E-state index in [0.29, 0.717) is 18.9 Å². The van der Waals surface area contributed by atoms with E-state index in [4.69, 9.17) is 0 Å². The van der Waals surface area contributed by atoms with Crippen molar-refractivity contribution in [2.24, 2.45) is 4.99 Å². The van der Waals surface area contributed by atoms with Gasteiger partial charge in [0.1, 0.15) is 0 Å². The third kappa shape index (κ3) is 4.53. The molecule has 0 bridgehead atoms. The molecule has 1 fully saturated rings. The Bertz CT molecular complexity index is 971. The highest BCUT2D eigenvalue weighted by Crippen LogP contribution is 2.20. The molecule has 3 heterocycles. The number of anilines is 1. The lowest BCUT2D eigenvalue weighted by Gasteiger charge is -2.20. The first-order valence-electron chi connectivity index (χ1n) is 9.64. The number of halogens is 1. The predicted molar refractivity (Wildman–Crippen MR) is 112 cm³/mol. The van der Waals surface area contributed by atoms with Gasteiger partial charge in [-0.3, -0.25) is 4.99 Å². The highest BCUT2D eigenvalue weighted by Gasteiger charge is 2.25. The maximum atomic E-state index is 14.0. The molecule has 1 aromatic carbocycles. The van der Waals surface area contributed by atoms with Gasteiger partial charge in [-0.05, 0) is 42.3 Å². The summed E-state index contributed by atoms with van der Waals surface area (Å²) in [6, 6.07) is 13.3. The number of benzene rings is 1. The maximum Gasteiger partial charge on any atom is 0.191 e. The van der Waals surface area contributed by atoms with E-state index in [9.17, 15) is 4.39 Å². The molecule has 0 radical (unpaired) electrons. The Morgan fingerprint density at radius 2 is 2.17 bits per heavy atom. The number of hydrogen-bond donors (Lipinski definition) is 2. The van der Waals surface area contributed by atoms with Gasteiger partial charge in [-0.15, -0.1) is 0 Å². The molecule has 0 saturated carbocycles. The zero-order valence-electron chi connectivity index (χ0n) is 16.3. The summed E-state index contributed by atoms with van der Waals surface area (Å²) in [5.74, 6) is 0.853. The van der Waals surface area contributed by atoms with E-state index in [0.717, 1.165) is 30.2 Å². The summed E-state index contributed by atoms with van der Waals surface area (Å²) in [5.41, 5.74) is 2.14. The number of rotatable bonds is 5. The van der Waals surface area contributed by atoms with E-state index in [-0.39, 0.29) is 11.9 Å². The normalized spacial score (nSPS) is 16.8. The van der Waals surface area contributed by atoms with Gasteiger partial charge in [-0.25, -0.2) is 14.1 Å². The average molecular weight is 393 g/mol. The number of pyridine rings is 1. The average Bonchev–Trinajstić information content (AvgIpc) is 3.44. The molecule has 0 spiro atoms. The zero-order chi connectivity index (χ0) is 20.1. The summed E-state index contributed by atoms with van der Waals surface area (Å²) in [4.78, 5) is 10.5. The van der Waals surface area contributed by atoms with Gasteiger partial charge in [0.25, 0.3) is 0 Å². The van der Waals surface area contributed by atoms with Crippen LogP contribution in [0.5, 0.6) is 0 Å². The third-order valence-corrected chi connectivity index (χ3v) is 4.93. The molecule has 150 valence electrons. The molecule has 1 atom stereocenters. The molecule has 8 heteroatoms. The Morgan fingerprint density at radius 3 is 2.97 bits per heavy atom. The minimum absolute atomic E-state index is 0.179. The van der Waals surface area contributed by atoms with Crippen LogP contribution < -0.4 is 15.5 Å². The lowest BCUT2D eigenvalue weighted by atomic mass is 10.2. The highest BCUT2D eigenvalue weighted by molar-refractivity contribution is 5.80. The molecule has 1 saturated heterocycles. The standard InChI is InChI=1S/C21H24FN7/c1-23-21(25-14-16-5-2-6-18(13-16)29-11-4-10-26-29)27-17-8-12-28(15-17)20-19(22)7-3-9-24-20/h2-7,9-11,13,17H,8,12,14-15H2,1H3,(H2,23,25,27). The number of aromatic nitrogens is 3. The van der Waals surface area contributed by atoms with Gasteiger partial charge in [0.2, 0.25) is 0 Å². The third-order valence-electron chi connectivity index (χ3n) is 4.93. The van der Waals surface area contributed by atoms with Gasteiger partial charge in [0.05, 0.1) is 5.69 Å². The molecule has 7 nitrogen and oxygen atoms in total. The van der Waals surface area contributed by atoms with Crippen molar-refractivity contribution in [3.05, 3.63) is 72.4 Å². The number of guanidine groups is 1. The molecule has 2 N–H and O–H groups in total. The largest absolute Gasteiger partial charge is 0.352 e. The SMILES string of the molecule is CN=C(NCc1cccc(-n2cccn2)c1)NC1CCN(c2ncccc2F)C1. The van der Waals surface area contributed by atoms with Gasteiger partial charge in [-0.1, -0.05) is 12.1 Å². The van der Waals surface area contributed by atoms with Crippen LogP contribution in [0.3, 0.4) is 0 Å². The number of nitrogens with zero attached hydrogens (tertiary/aromatic N) is 5. The minimum Gasteiger partial charge on any atom is -0.352 e. The van der Waals surface area contributed by atoms with E-state index < -0.39 is 0 Å². The van der Waals surface area contributed by atoms with Crippen LogP contribution in [0.25, 0.3) is 5.69 Å². The van der Waals surface area contributed by atoms with Crippen molar-refractivity contribution < 1.29 is 4.39 Å². The first-order chi connectivity index (χ1) is 14.2. The topological polar surface area (TPSA) is 70.4 Å². The Balaban J connectivity index is 1.33. The van der Waals surface area contributed by atoms with Crippen molar-refractivity contribution in [1.29, 1.82) is 0 Å². The summed E-state index contributed by atoms with van der Waals surface area (Å²) < 4.78 is 15.8. The van der Waals surface area contributed by atoms with Gasteiger partial charge in [-0.2, -0.15) is 5.10 Å². The molecule has 0 amide bonds. The second kappa shape index (κ2) is 8.72. The number of nitrogens with one attached hydrogen (secondary N) is 2. The number of hydrogen-bond acceptors (Lipinski definition) is 4. The van der Waals surface area contributed by atoms with Crippen molar-refractivity contribution in [2.45, 2.75) is 19.0 Å². The summed E-state index contributed by atoms with van der Waals surface area (Å²) in [5, 5.41) is 11.0. The lowest BCUT2D eigenvalue weighted by molar-refractivity contribution is 0.612. The van der Waals surface area contributed by atoms with E-state index in [1.807, 2.05) is 34.0 Å². The van der Waals surface area contributed by atoms with Gasteiger partial charge in [0.15, 0.2) is 17.6 Å². The van der Waals surface area contributed by atoms with Crippen molar-refractivity contribution in [1.82, 2.24) is 25.4 Å². The first kappa shape index (κ1) is 18.9. The summed E-state index contributed by atoms with van der Waals surface area (Å²) in [7, 11) is 1.75. The molecular weight excluding hydrogens is 369 g/mol. The van der Waals surface area contributed by atoms with Crippen LogP contribution in [0, 0.1) is 5.82 Å². The van der Waals surface area contributed by atoms with Gasteiger partial charge >= 0.3 is 0 Å². The van der Waals surface area contributed by atoms with E-state index in [1.54, 1.807) is 25.5 Å². The molecule has 4 rings (SSSR count). The Kier molecular flexibility index (Phi) is 5.69. The second-order valence-electron chi connectivity index (χ2n) is 6.93. The Labute approximate surface area is 169 Å². The Morgan fingerprint density at radius 1 is 1.24 bits per heavy atom. The van der Waals surface area contributed by atoms with Crippen molar-refractivity contribution in [3.63, 3.8) is 0 Å². The quantitative estimate of drug-likeness (QED) is 0.514. The fourth-order valence-corrected chi connectivity index (χ4v) is 3.48. The zero-order valence-corrected chi connectivity index (χ0v) is 16.3. The molecule has 2 aromatic heterocycles. The van der Waals surface area contributed by atoms with E-state index in [1.165, 1.54) is 6.07 Å². The smallest absolute Gasteiger partial charge is 0.191 e. The highest BCUT2D eigenvalue weighted by atomic mass is 19.1. The fraction of sp³-hybridized carbons (Fsp3) is 0.286. The summed E-state index contributed by atoms with van der Waals surface area (Å²) in [6.45, 7) is 2.08. The van der Waals surface area contributed by atoms with E-state index in [2.05, 4.69) is 37.8 Å². The van der Waals surface area contributed by atoms with Crippen LogP contribution in [-0.4, -0.2) is 46.9 Å². The summed E-state index contributed by atoms with van der Waals surface area (Å²) in [6.07, 6.45) is 6.20. The first-order valence-corrected chi connectivity index (χ1v) is 9.64. The van der Waals surface area contributed by atoms with Gasteiger partial charge in [0, 0.05) is 51.3 Å². The molecule has 29 heavy (non-hydrogen) atoms. The van der Waals surface area contributed by atoms with Crippen LogP contribution in [0.4, 0.5) is 10.2 Å². The monoisotopic (exact) mass is 393 g/mol. The molecule has 0 aliphatic carbocycles. The van der Waals surface area contributed by atoms with Crippen molar-refractivity contribution in [3.8, 4) is 5.69 Å². The molecule has 1 unspecified atom stereocenters. The molecular formula is C21H24FN7. The predicted octanol–water partition coefficient (Wildman–Crippen LogP) is 2.35. The molecule has 1 aliphatic heterocycles. The Hall–Kier alpha value is -3.42. The van der Waals surface area contributed by atoms with Crippen LogP contribution in [-0.2, 0) is 6.54 Å². The van der Waals surface area contributed by atoms with E-state index >= 15 is 0 Å². The second-order valence-corrected chi connectivity index (χ2v) is 6.93. The van der Waals surface area contributed by atoms with Gasteiger partial charge < -0.3 is 15.5 Å².